The minimum Gasteiger partial charge on any atom is -0.508 e. The lowest BCUT2D eigenvalue weighted by Gasteiger charge is -2.32. The van der Waals surface area contributed by atoms with Crippen molar-refractivity contribution < 1.29 is 9.90 Å². The summed E-state index contributed by atoms with van der Waals surface area (Å²) in [4.78, 5) is 23.6. The summed E-state index contributed by atoms with van der Waals surface area (Å²) in [7, 11) is 0. The van der Waals surface area contributed by atoms with Crippen LogP contribution >= 0.6 is 15.9 Å². The minimum atomic E-state index is -0.118. The Labute approximate surface area is 211 Å². The summed E-state index contributed by atoms with van der Waals surface area (Å²) in [5.74, 6) is 1.29. The van der Waals surface area contributed by atoms with Gasteiger partial charge < -0.3 is 20.6 Å². The van der Waals surface area contributed by atoms with Gasteiger partial charge in [-0.3, -0.25) is 4.98 Å². The summed E-state index contributed by atoms with van der Waals surface area (Å²) < 4.78 is 2.63. The van der Waals surface area contributed by atoms with E-state index in [4.69, 9.17) is 4.98 Å². The molecule has 1 aliphatic heterocycles. The Morgan fingerprint density at radius 1 is 1.11 bits per heavy atom. The van der Waals surface area contributed by atoms with Gasteiger partial charge in [0.2, 0.25) is 0 Å². The number of aromatic nitrogens is 4. The molecule has 5 rings (SSSR count). The molecule has 0 radical (unpaired) electrons. The fourth-order valence-electron chi connectivity index (χ4n) is 4.31. The van der Waals surface area contributed by atoms with Crippen LogP contribution in [0.4, 0.5) is 10.6 Å². The van der Waals surface area contributed by atoms with E-state index in [2.05, 4.69) is 42.7 Å². The van der Waals surface area contributed by atoms with Crippen LogP contribution in [-0.4, -0.2) is 48.7 Å². The fourth-order valence-corrected chi connectivity index (χ4v) is 4.65. The van der Waals surface area contributed by atoms with Gasteiger partial charge in [0, 0.05) is 61.8 Å². The van der Waals surface area contributed by atoms with Crippen LogP contribution in [-0.2, 0) is 13.1 Å². The number of anilines is 1. The van der Waals surface area contributed by atoms with E-state index in [0.717, 1.165) is 40.0 Å². The van der Waals surface area contributed by atoms with Crippen LogP contribution in [0.15, 0.2) is 65.5 Å². The number of hydrogen-bond donors (Lipinski definition) is 3. The number of aromatic hydroxyl groups is 1. The maximum absolute atomic E-state index is 12.7. The van der Waals surface area contributed by atoms with Gasteiger partial charge in [-0.25, -0.2) is 9.78 Å². The first-order chi connectivity index (χ1) is 17.1. The van der Waals surface area contributed by atoms with Gasteiger partial charge in [-0.2, -0.15) is 9.61 Å². The molecule has 2 amide bonds. The molecular weight excluding hydrogens is 510 g/mol. The molecule has 4 aromatic rings. The number of amides is 2. The maximum atomic E-state index is 12.7. The molecule has 1 aliphatic rings. The molecule has 0 bridgehead atoms. The van der Waals surface area contributed by atoms with Crippen molar-refractivity contribution in [2.75, 3.05) is 18.4 Å². The molecule has 10 heteroatoms. The SMILES string of the molecule is O=C(NCc1ccccc1O)N1CCC(c2cc(NCc3cccnc3)n3ncc(Br)c3n2)CC1. The zero-order chi connectivity index (χ0) is 24.2. The molecule has 0 unspecified atom stereocenters. The average Bonchev–Trinajstić information content (AvgIpc) is 3.28. The van der Waals surface area contributed by atoms with E-state index in [1.54, 1.807) is 35.1 Å². The van der Waals surface area contributed by atoms with Gasteiger partial charge in [-0.05, 0) is 46.5 Å². The normalized spacial score (nSPS) is 14.3. The second-order valence-corrected chi connectivity index (χ2v) is 9.41. The highest BCUT2D eigenvalue weighted by atomic mass is 79.9. The molecule has 0 saturated carbocycles. The van der Waals surface area contributed by atoms with E-state index in [0.29, 0.717) is 31.7 Å². The Morgan fingerprint density at radius 3 is 2.71 bits per heavy atom. The highest BCUT2D eigenvalue weighted by Crippen LogP contribution is 2.30. The molecule has 1 aromatic carbocycles. The molecule has 9 nitrogen and oxygen atoms in total. The predicted octanol–water partition coefficient (Wildman–Crippen LogP) is 4.29. The Bertz CT molecular complexity index is 1320. The van der Waals surface area contributed by atoms with E-state index in [1.165, 1.54) is 0 Å². The number of rotatable bonds is 6. The average molecular weight is 536 g/mol. The first kappa shape index (κ1) is 23.1. The lowest BCUT2D eigenvalue weighted by molar-refractivity contribution is 0.180. The Hall–Kier alpha value is -3.66. The van der Waals surface area contributed by atoms with E-state index in [-0.39, 0.29) is 17.7 Å². The first-order valence-electron chi connectivity index (χ1n) is 11.5. The van der Waals surface area contributed by atoms with Crippen LogP contribution in [0.2, 0.25) is 0 Å². The number of nitrogens with zero attached hydrogens (tertiary/aromatic N) is 5. The molecule has 1 fully saturated rings. The van der Waals surface area contributed by atoms with Crippen LogP contribution in [0.5, 0.6) is 5.75 Å². The highest BCUT2D eigenvalue weighted by Gasteiger charge is 2.26. The minimum absolute atomic E-state index is 0.118. The predicted molar refractivity (Wildman–Crippen MR) is 136 cm³/mol. The quantitative estimate of drug-likeness (QED) is 0.340. The third-order valence-corrected chi connectivity index (χ3v) is 6.83. The van der Waals surface area contributed by atoms with Crippen molar-refractivity contribution in [3.63, 3.8) is 0 Å². The van der Waals surface area contributed by atoms with Crippen LogP contribution < -0.4 is 10.6 Å². The number of piperidine rings is 1. The number of fused-ring (bicyclic) bond motifs is 1. The van der Waals surface area contributed by atoms with E-state index < -0.39 is 0 Å². The molecule has 4 heterocycles. The Morgan fingerprint density at radius 2 is 1.94 bits per heavy atom. The van der Waals surface area contributed by atoms with Gasteiger partial charge in [0.25, 0.3) is 0 Å². The molecule has 180 valence electrons. The molecule has 0 aliphatic carbocycles. The number of likely N-dealkylation sites (tertiary alicyclic amines) is 1. The Kier molecular flexibility index (Phi) is 6.80. The summed E-state index contributed by atoms with van der Waals surface area (Å²) in [6, 6.07) is 12.9. The van der Waals surface area contributed by atoms with Crippen LogP contribution in [0.3, 0.4) is 0 Å². The number of benzene rings is 1. The highest BCUT2D eigenvalue weighted by molar-refractivity contribution is 9.10. The van der Waals surface area contributed by atoms with Gasteiger partial charge in [-0.15, -0.1) is 0 Å². The number of carbonyl (C=O) groups excluding carboxylic acids is 1. The number of pyridine rings is 1. The summed E-state index contributed by atoms with van der Waals surface area (Å²) in [6.45, 7) is 2.20. The van der Waals surface area contributed by atoms with Crippen molar-refractivity contribution in [3.8, 4) is 5.75 Å². The van der Waals surface area contributed by atoms with Crippen LogP contribution in [0.25, 0.3) is 5.65 Å². The first-order valence-corrected chi connectivity index (χ1v) is 12.3. The molecule has 35 heavy (non-hydrogen) atoms. The summed E-state index contributed by atoms with van der Waals surface area (Å²) in [5.41, 5.74) is 3.53. The Balaban J connectivity index is 1.25. The molecular formula is C25H26BrN7O2. The van der Waals surface area contributed by atoms with Crippen molar-refractivity contribution in [3.05, 3.63) is 82.3 Å². The lowest BCUT2D eigenvalue weighted by atomic mass is 9.93. The number of phenolic OH excluding ortho intramolecular Hbond substituents is 1. The molecule has 0 atom stereocenters. The number of phenols is 1. The van der Waals surface area contributed by atoms with Gasteiger partial charge in [-0.1, -0.05) is 24.3 Å². The number of nitrogens with one attached hydrogen (secondary N) is 2. The molecule has 3 aromatic heterocycles. The second-order valence-electron chi connectivity index (χ2n) is 8.56. The monoisotopic (exact) mass is 535 g/mol. The van der Waals surface area contributed by atoms with Crippen LogP contribution in [0, 0.1) is 0 Å². The second kappa shape index (κ2) is 10.3. The molecule has 0 spiro atoms. The third-order valence-electron chi connectivity index (χ3n) is 6.27. The number of urea groups is 1. The molecule has 1 saturated heterocycles. The summed E-state index contributed by atoms with van der Waals surface area (Å²) in [6.07, 6.45) is 6.99. The maximum Gasteiger partial charge on any atom is 0.317 e. The number of para-hydroxylation sites is 1. The van der Waals surface area contributed by atoms with Gasteiger partial charge in [0.15, 0.2) is 5.65 Å². The summed E-state index contributed by atoms with van der Waals surface area (Å²) in [5, 5.41) is 20.7. The standard InChI is InChI=1S/C25H26BrN7O2/c26-20-16-30-33-23(28-14-17-4-3-9-27-13-17)12-21(31-24(20)33)18-7-10-32(11-8-18)25(35)29-15-19-5-1-2-6-22(19)34/h1-6,9,12-13,16,18,28,34H,7-8,10-11,14-15H2,(H,29,35). The van der Waals surface area contributed by atoms with Gasteiger partial charge >= 0.3 is 6.03 Å². The largest absolute Gasteiger partial charge is 0.508 e. The fraction of sp³-hybridized carbons (Fsp3) is 0.280. The number of halogens is 1. The van der Waals surface area contributed by atoms with Crippen molar-refractivity contribution >= 4 is 33.4 Å². The van der Waals surface area contributed by atoms with E-state index >= 15 is 0 Å². The zero-order valence-corrected chi connectivity index (χ0v) is 20.6. The van der Waals surface area contributed by atoms with Crippen LogP contribution in [0.1, 0.15) is 35.6 Å². The van der Waals surface area contributed by atoms with Crippen molar-refractivity contribution in [1.29, 1.82) is 0 Å². The lowest BCUT2D eigenvalue weighted by Crippen LogP contribution is -2.43. The summed E-state index contributed by atoms with van der Waals surface area (Å²) >= 11 is 3.56. The topological polar surface area (TPSA) is 108 Å². The van der Waals surface area contributed by atoms with E-state index in [9.17, 15) is 9.90 Å². The van der Waals surface area contributed by atoms with E-state index in [1.807, 2.05) is 29.3 Å². The van der Waals surface area contributed by atoms with Gasteiger partial charge in [0.1, 0.15) is 11.6 Å². The van der Waals surface area contributed by atoms with Crippen molar-refractivity contribution in [1.82, 2.24) is 29.8 Å². The zero-order valence-electron chi connectivity index (χ0n) is 19.1. The third kappa shape index (κ3) is 5.22. The van der Waals surface area contributed by atoms with Gasteiger partial charge in [0.05, 0.1) is 10.7 Å². The smallest absolute Gasteiger partial charge is 0.317 e. The number of carbonyl (C=O) groups is 1. The number of hydrogen-bond acceptors (Lipinski definition) is 6. The van der Waals surface area contributed by atoms with Crippen molar-refractivity contribution in [2.45, 2.75) is 31.8 Å². The van der Waals surface area contributed by atoms with Crippen molar-refractivity contribution in [2.24, 2.45) is 0 Å². The molecule has 3 N–H and O–H groups in total.